The zero-order chi connectivity index (χ0) is 21.1. The molecule has 2 N–H and O–H groups in total. The number of likely N-dealkylation sites (tertiary alicyclic amines) is 1. The number of benzene rings is 2. The zero-order valence-electron chi connectivity index (χ0n) is 17.0. The number of nitrogens with zero attached hydrogens (tertiary/aromatic N) is 2. The highest BCUT2D eigenvalue weighted by Crippen LogP contribution is 2.30. The van der Waals surface area contributed by atoms with E-state index in [-0.39, 0.29) is 11.8 Å². The lowest BCUT2D eigenvalue weighted by atomic mass is 9.90. The van der Waals surface area contributed by atoms with Gasteiger partial charge in [0.2, 0.25) is 5.91 Å². The number of aromatic nitrogens is 1. The number of carbonyl (C=O) groups is 2. The summed E-state index contributed by atoms with van der Waals surface area (Å²) in [5, 5.41) is 0.887. The largest absolute Gasteiger partial charge is 0.497 e. The molecule has 1 saturated heterocycles. The third kappa shape index (κ3) is 4.13. The van der Waals surface area contributed by atoms with E-state index in [1.54, 1.807) is 7.11 Å². The fourth-order valence-electron chi connectivity index (χ4n) is 4.10. The van der Waals surface area contributed by atoms with Crippen LogP contribution in [0.1, 0.15) is 40.4 Å². The third-order valence-electron chi connectivity index (χ3n) is 5.69. The van der Waals surface area contributed by atoms with Crippen molar-refractivity contribution >= 4 is 22.7 Å². The SMILES string of the molecule is COc1ccc(CC(=O)N2CCCC(c3nc4ccccc4cc3C(N)=O)C2)cc1. The predicted molar refractivity (Wildman–Crippen MR) is 116 cm³/mol. The number of hydrogen-bond acceptors (Lipinski definition) is 4. The molecule has 2 heterocycles. The van der Waals surface area contributed by atoms with Gasteiger partial charge in [0.1, 0.15) is 5.75 Å². The Hall–Kier alpha value is -3.41. The Balaban J connectivity index is 1.55. The van der Waals surface area contributed by atoms with Gasteiger partial charge in [-0.05, 0) is 42.7 Å². The van der Waals surface area contributed by atoms with E-state index in [0.717, 1.165) is 35.1 Å². The van der Waals surface area contributed by atoms with Crippen molar-refractivity contribution < 1.29 is 14.3 Å². The molecule has 4 rings (SSSR count). The number of pyridine rings is 1. The normalized spacial score (nSPS) is 16.4. The Morgan fingerprint density at radius 2 is 1.93 bits per heavy atom. The molecule has 1 atom stereocenters. The molecule has 0 spiro atoms. The summed E-state index contributed by atoms with van der Waals surface area (Å²) in [6, 6.07) is 17.0. The summed E-state index contributed by atoms with van der Waals surface area (Å²) in [6.45, 7) is 1.26. The van der Waals surface area contributed by atoms with E-state index >= 15 is 0 Å². The highest BCUT2D eigenvalue weighted by molar-refractivity contribution is 5.97. The van der Waals surface area contributed by atoms with Gasteiger partial charge in [0.05, 0.1) is 30.3 Å². The number of methoxy groups -OCH3 is 1. The van der Waals surface area contributed by atoms with E-state index in [4.69, 9.17) is 15.5 Å². The van der Waals surface area contributed by atoms with Gasteiger partial charge in [-0.25, -0.2) is 0 Å². The lowest BCUT2D eigenvalue weighted by Crippen LogP contribution is -2.40. The van der Waals surface area contributed by atoms with Crippen LogP contribution < -0.4 is 10.5 Å². The summed E-state index contributed by atoms with van der Waals surface area (Å²) in [4.78, 5) is 31.7. The fraction of sp³-hybridized carbons (Fsp3) is 0.292. The summed E-state index contributed by atoms with van der Waals surface area (Å²) < 4.78 is 5.17. The standard InChI is InChI=1S/C24H25N3O3/c1-30-19-10-8-16(9-11-19)13-22(28)27-12-4-6-18(15-27)23-20(24(25)29)14-17-5-2-3-7-21(17)26-23/h2-3,5,7-11,14,18H,4,6,12-13,15H2,1H3,(H2,25,29). The first-order chi connectivity index (χ1) is 14.5. The molecule has 2 amide bonds. The van der Waals surface area contributed by atoms with Gasteiger partial charge in [0.25, 0.3) is 5.91 Å². The van der Waals surface area contributed by atoms with Crippen LogP contribution in [0, 0.1) is 0 Å². The molecular weight excluding hydrogens is 378 g/mol. The van der Waals surface area contributed by atoms with Crippen molar-refractivity contribution in [1.82, 2.24) is 9.88 Å². The number of ether oxygens (including phenoxy) is 1. The molecule has 0 saturated carbocycles. The molecule has 1 aliphatic heterocycles. The van der Waals surface area contributed by atoms with Crippen molar-refractivity contribution in [3.8, 4) is 5.75 Å². The minimum absolute atomic E-state index is 0.00864. The van der Waals surface area contributed by atoms with E-state index in [1.165, 1.54) is 0 Å². The number of piperidine rings is 1. The van der Waals surface area contributed by atoms with Gasteiger partial charge in [0, 0.05) is 24.4 Å². The van der Waals surface area contributed by atoms with E-state index in [1.807, 2.05) is 59.5 Å². The van der Waals surface area contributed by atoms with Gasteiger partial charge in [0.15, 0.2) is 0 Å². The fourth-order valence-corrected chi connectivity index (χ4v) is 4.10. The van der Waals surface area contributed by atoms with Crippen LogP contribution in [0.5, 0.6) is 5.75 Å². The Labute approximate surface area is 175 Å². The van der Waals surface area contributed by atoms with Gasteiger partial charge in [-0.3, -0.25) is 14.6 Å². The lowest BCUT2D eigenvalue weighted by Gasteiger charge is -2.33. The first-order valence-electron chi connectivity index (χ1n) is 10.2. The van der Waals surface area contributed by atoms with Crippen molar-refractivity contribution in [2.24, 2.45) is 5.73 Å². The van der Waals surface area contributed by atoms with Crippen LogP contribution in [0.15, 0.2) is 54.6 Å². The van der Waals surface area contributed by atoms with Crippen molar-refractivity contribution in [3.63, 3.8) is 0 Å². The zero-order valence-corrected chi connectivity index (χ0v) is 17.0. The molecule has 6 heteroatoms. The average Bonchev–Trinajstić information content (AvgIpc) is 2.78. The molecule has 1 aliphatic rings. The number of carbonyl (C=O) groups excluding carboxylic acids is 2. The van der Waals surface area contributed by atoms with Crippen LogP contribution in [0.3, 0.4) is 0 Å². The number of para-hydroxylation sites is 1. The average molecular weight is 403 g/mol. The molecule has 0 radical (unpaired) electrons. The second-order valence-electron chi connectivity index (χ2n) is 7.68. The molecule has 2 aromatic carbocycles. The van der Waals surface area contributed by atoms with Crippen molar-refractivity contribution in [3.05, 3.63) is 71.4 Å². The highest BCUT2D eigenvalue weighted by Gasteiger charge is 2.28. The quantitative estimate of drug-likeness (QED) is 0.708. The molecule has 0 aliphatic carbocycles. The van der Waals surface area contributed by atoms with Crippen molar-refractivity contribution in [2.45, 2.75) is 25.2 Å². The molecule has 0 bridgehead atoms. The first kappa shape index (κ1) is 19.9. The smallest absolute Gasteiger partial charge is 0.250 e. The molecule has 1 aromatic heterocycles. The highest BCUT2D eigenvalue weighted by atomic mass is 16.5. The van der Waals surface area contributed by atoms with E-state index < -0.39 is 5.91 Å². The maximum Gasteiger partial charge on any atom is 0.250 e. The molecular formula is C24H25N3O3. The van der Waals surface area contributed by atoms with E-state index in [9.17, 15) is 9.59 Å². The van der Waals surface area contributed by atoms with Gasteiger partial charge >= 0.3 is 0 Å². The van der Waals surface area contributed by atoms with Crippen LogP contribution in [0.2, 0.25) is 0 Å². The summed E-state index contributed by atoms with van der Waals surface area (Å²) in [6.07, 6.45) is 2.08. The van der Waals surface area contributed by atoms with Crippen LogP contribution in [-0.2, 0) is 11.2 Å². The van der Waals surface area contributed by atoms with Crippen molar-refractivity contribution in [1.29, 1.82) is 0 Å². The van der Waals surface area contributed by atoms with Crippen LogP contribution in [-0.4, -0.2) is 41.9 Å². The van der Waals surface area contributed by atoms with Crippen LogP contribution in [0.4, 0.5) is 0 Å². The Morgan fingerprint density at radius 3 is 2.67 bits per heavy atom. The molecule has 154 valence electrons. The number of hydrogen-bond donors (Lipinski definition) is 1. The summed E-state index contributed by atoms with van der Waals surface area (Å²) in [7, 11) is 1.62. The summed E-state index contributed by atoms with van der Waals surface area (Å²) in [5.41, 5.74) is 8.59. The summed E-state index contributed by atoms with van der Waals surface area (Å²) >= 11 is 0. The van der Waals surface area contributed by atoms with Gasteiger partial charge in [-0.15, -0.1) is 0 Å². The molecule has 6 nitrogen and oxygen atoms in total. The molecule has 1 unspecified atom stereocenters. The number of primary amides is 1. The maximum absolute atomic E-state index is 12.9. The molecule has 3 aromatic rings. The number of rotatable bonds is 5. The molecule has 30 heavy (non-hydrogen) atoms. The summed E-state index contributed by atoms with van der Waals surface area (Å²) in [5.74, 6) is 0.354. The minimum atomic E-state index is -0.482. The monoisotopic (exact) mass is 403 g/mol. The second kappa shape index (κ2) is 8.53. The predicted octanol–water partition coefficient (Wildman–Crippen LogP) is 3.29. The lowest BCUT2D eigenvalue weighted by molar-refractivity contribution is -0.131. The Bertz CT molecular complexity index is 1080. The maximum atomic E-state index is 12.9. The second-order valence-corrected chi connectivity index (χ2v) is 7.68. The van der Waals surface area contributed by atoms with Crippen LogP contribution >= 0.6 is 0 Å². The van der Waals surface area contributed by atoms with Gasteiger partial charge < -0.3 is 15.4 Å². The van der Waals surface area contributed by atoms with Gasteiger partial charge in [-0.1, -0.05) is 30.3 Å². The Morgan fingerprint density at radius 1 is 1.17 bits per heavy atom. The number of nitrogens with two attached hydrogens (primary N) is 1. The van der Waals surface area contributed by atoms with Crippen LogP contribution in [0.25, 0.3) is 10.9 Å². The first-order valence-corrected chi connectivity index (χ1v) is 10.2. The van der Waals surface area contributed by atoms with E-state index in [2.05, 4.69) is 0 Å². The third-order valence-corrected chi connectivity index (χ3v) is 5.69. The van der Waals surface area contributed by atoms with Crippen molar-refractivity contribution in [2.75, 3.05) is 20.2 Å². The number of fused-ring (bicyclic) bond motifs is 1. The van der Waals surface area contributed by atoms with E-state index in [0.29, 0.717) is 30.8 Å². The minimum Gasteiger partial charge on any atom is -0.497 e. The molecule has 1 fully saturated rings. The Kier molecular flexibility index (Phi) is 5.65. The number of amides is 2. The topological polar surface area (TPSA) is 85.5 Å². The van der Waals surface area contributed by atoms with Gasteiger partial charge in [-0.2, -0.15) is 0 Å².